The van der Waals surface area contributed by atoms with E-state index >= 15 is 0 Å². The van der Waals surface area contributed by atoms with Crippen molar-refractivity contribution in [1.29, 1.82) is 0 Å². The number of allylic oxidation sites excluding steroid dienone is 2. The molecule has 1 aliphatic heterocycles. The standard InChI is InChI=1S/C38H41N12O6.Rb/c1-5-49-29(16-23(3)44-49)36(54)43-37-41-27-17-24(34(39)52)19-30-32(27)47(37)9-6-7-10-48-33-28(18-25(35(40)53)20-31(33)56-14-8-13-55-30)42-38(48)46(4)11-12-50-26(21-51)15-22(2)45-50;/h6-8,15-21H,5,9-14H2,1-4H3,(H2,39,52)(H2,40,53)(H,41,43,54);/q-1;+1/b7-6+;. The first-order chi connectivity index (χ1) is 26.9. The van der Waals surface area contributed by atoms with Gasteiger partial charge in [-0.2, -0.15) is 10.2 Å². The number of carbonyl (C=O) groups is 4. The summed E-state index contributed by atoms with van der Waals surface area (Å²) in [5, 5.41) is 11.8. The summed E-state index contributed by atoms with van der Waals surface area (Å²) in [6, 6.07) is 9.74. The molecule has 0 radical (unpaired) electrons. The van der Waals surface area contributed by atoms with E-state index in [-0.39, 0.29) is 95.0 Å². The molecular formula is C38H41N12O6Rb. The minimum Gasteiger partial charge on any atom is -0.523 e. The van der Waals surface area contributed by atoms with Crippen LogP contribution in [0, 0.1) is 20.3 Å². The number of rotatable bonds is 10. The Labute approximate surface area is 375 Å². The predicted molar refractivity (Wildman–Crippen MR) is 207 cm³/mol. The van der Waals surface area contributed by atoms with E-state index < -0.39 is 17.7 Å². The fraction of sp³-hybridized carbons (Fsp3) is 0.289. The fourth-order valence-electron chi connectivity index (χ4n) is 6.71. The third-order valence-corrected chi connectivity index (χ3v) is 9.32. The van der Waals surface area contributed by atoms with Crippen LogP contribution < -0.4 is 89.3 Å². The summed E-state index contributed by atoms with van der Waals surface area (Å²) < 4.78 is 19.5. The van der Waals surface area contributed by atoms with E-state index in [1.165, 1.54) is 0 Å². The number of hydrogen-bond donors (Lipinski definition) is 3. The molecular weight excluding hydrogens is 806 g/mol. The Morgan fingerprint density at radius 2 is 1.44 bits per heavy atom. The van der Waals surface area contributed by atoms with Crippen LogP contribution in [0.25, 0.3) is 22.1 Å². The summed E-state index contributed by atoms with van der Waals surface area (Å²) in [4.78, 5) is 61.7. The zero-order valence-corrected chi connectivity index (χ0v) is 37.3. The number of aryl methyl sites for hydroxylation is 3. The van der Waals surface area contributed by atoms with Crippen molar-refractivity contribution >= 4 is 58.0 Å². The van der Waals surface area contributed by atoms with E-state index in [2.05, 4.69) is 15.5 Å². The molecule has 5 N–H and O–H groups in total. The van der Waals surface area contributed by atoms with E-state index in [1.807, 2.05) is 49.4 Å². The molecule has 0 atom stereocenters. The maximum atomic E-state index is 13.6. The Bertz CT molecular complexity index is 2550. The van der Waals surface area contributed by atoms with E-state index in [4.69, 9.17) is 30.9 Å². The van der Waals surface area contributed by atoms with E-state index in [0.717, 1.165) is 12.0 Å². The Morgan fingerprint density at radius 1 is 0.860 bits per heavy atom. The van der Waals surface area contributed by atoms with Crippen molar-refractivity contribution in [3.8, 4) is 11.5 Å². The molecule has 5 heterocycles. The van der Waals surface area contributed by atoms with Gasteiger partial charge in [0.05, 0.1) is 29.0 Å². The molecule has 0 bridgehead atoms. The van der Waals surface area contributed by atoms with Gasteiger partial charge < -0.3 is 35.0 Å². The Hall–Kier alpha value is -5.17. The molecule has 3 amide bonds. The number of amides is 3. The fourth-order valence-corrected chi connectivity index (χ4v) is 6.71. The monoisotopic (exact) mass is 846 g/mol. The maximum absolute atomic E-state index is 13.6. The average Bonchev–Trinajstić information content (AvgIpc) is 3.93. The molecule has 19 heteroatoms. The van der Waals surface area contributed by atoms with Gasteiger partial charge in [0.1, 0.15) is 33.9 Å². The molecule has 0 saturated carbocycles. The third-order valence-electron chi connectivity index (χ3n) is 9.32. The van der Waals surface area contributed by atoms with E-state index in [1.54, 1.807) is 56.7 Å². The van der Waals surface area contributed by atoms with Crippen LogP contribution in [0.15, 0.2) is 48.6 Å². The molecule has 0 aliphatic carbocycles. The third kappa shape index (κ3) is 8.58. The first-order valence-corrected chi connectivity index (χ1v) is 17.9. The molecule has 0 unspecified atom stereocenters. The Balaban J connectivity index is 0.00000549. The number of imidazole rings is 2. The van der Waals surface area contributed by atoms with Gasteiger partial charge in [0.2, 0.25) is 23.7 Å². The van der Waals surface area contributed by atoms with Crippen LogP contribution in [0.2, 0.25) is 0 Å². The molecule has 4 aromatic heterocycles. The number of nitrogens with two attached hydrogens (primary N) is 2. The average molecular weight is 847 g/mol. The maximum Gasteiger partial charge on any atom is 1.00 e. The quantitative estimate of drug-likeness (QED) is 0.0949. The molecule has 2 aromatic carbocycles. The van der Waals surface area contributed by atoms with E-state index in [0.29, 0.717) is 82.8 Å². The zero-order chi connectivity index (χ0) is 39.7. The summed E-state index contributed by atoms with van der Waals surface area (Å²) in [6.45, 7) is 7.53. The minimum absolute atomic E-state index is 0. The van der Waals surface area contributed by atoms with Crippen LogP contribution in [-0.2, 0) is 26.2 Å². The number of nitrogens with one attached hydrogen (secondary N) is 1. The molecule has 57 heavy (non-hydrogen) atoms. The Kier molecular flexibility index (Phi) is 12.8. The van der Waals surface area contributed by atoms with Gasteiger partial charge in [-0.1, -0.05) is 12.2 Å². The number of primary amides is 2. The molecule has 0 spiro atoms. The first-order valence-electron chi connectivity index (χ1n) is 17.9. The summed E-state index contributed by atoms with van der Waals surface area (Å²) >= 11 is 0. The number of nitrogens with zero attached hydrogens (tertiary/aromatic N) is 9. The second-order valence-corrected chi connectivity index (χ2v) is 13.3. The number of aldehydes is 1. The zero-order valence-electron chi connectivity index (χ0n) is 32.4. The molecule has 1 aliphatic rings. The van der Waals surface area contributed by atoms with Crippen LogP contribution >= 0.6 is 0 Å². The van der Waals surface area contributed by atoms with Crippen molar-refractivity contribution in [3.63, 3.8) is 0 Å². The summed E-state index contributed by atoms with van der Waals surface area (Å²) in [6.07, 6.45) is 6.36. The topological polar surface area (TPSA) is 225 Å². The first kappa shape index (κ1) is 41.5. The minimum atomic E-state index is -0.670. The molecule has 0 fully saturated rings. The van der Waals surface area contributed by atoms with Crippen molar-refractivity contribution in [2.24, 2.45) is 11.5 Å². The largest absolute Gasteiger partial charge is 1.00 e. The second kappa shape index (κ2) is 17.5. The number of carbonyl (C=O) groups excluding carboxylic acids is 4. The van der Waals surface area contributed by atoms with Crippen LogP contribution in [0.1, 0.15) is 60.0 Å². The molecule has 7 rings (SSSR count). The van der Waals surface area contributed by atoms with Crippen LogP contribution in [-0.4, -0.2) is 89.5 Å². The number of anilines is 2. The summed E-state index contributed by atoms with van der Waals surface area (Å²) in [5.74, 6) is -0.230. The van der Waals surface area contributed by atoms with Gasteiger partial charge in [0.15, 0.2) is 6.29 Å². The van der Waals surface area contributed by atoms with Crippen molar-refractivity contribution < 1.29 is 86.8 Å². The predicted octanol–water partition coefficient (Wildman–Crippen LogP) is 0.0506. The molecule has 6 aromatic rings. The number of benzene rings is 2. The number of aromatic nitrogens is 8. The van der Waals surface area contributed by atoms with Gasteiger partial charge >= 0.3 is 58.2 Å². The van der Waals surface area contributed by atoms with Crippen LogP contribution in [0.5, 0.6) is 11.5 Å². The van der Waals surface area contributed by atoms with Crippen molar-refractivity contribution in [2.45, 2.75) is 47.0 Å². The van der Waals surface area contributed by atoms with Gasteiger partial charge in [-0.25, -0.2) is 9.97 Å². The number of likely N-dealkylation sites (N-methyl/N-ethyl adjacent to an activating group) is 1. The molecule has 18 nitrogen and oxygen atoms in total. The van der Waals surface area contributed by atoms with Crippen molar-refractivity contribution in [3.05, 3.63) is 88.9 Å². The second-order valence-electron chi connectivity index (χ2n) is 13.3. The summed E-state index contributed by atoms with van der Waals surface area (Å²) in [5.41, 5.74) is 16.1. The number of ether oxygens (including phenoxy) is 2. The summed E-state index contributed by atoms with van der Waals surface area (Å²) in [7, 11) is 1.88. The number of hydrogen-bond acceptors (Lipinski definition) is 11. The van der Waals surface area contributed by atoms with Crippen LogP contribution in [0.3, 0.4) is 0 Å². The van der Waals surface area contributed by atoms with Gasteiger partial charge in [-0.3, -0.25) is 40.3 Å². The molecule has 0 saturated heterocycles. The molecule has 290 valence electrons. The van der Waals surface area contributed by atoms with E-state index in [9.17, 15) is 19.2 Å². The van der Waals surface area contributed by atoms with Crippen molar-refractivity contribution in [2.75, 3.05) is 37.0 Å². The SMILES string of the molecule is CCn1nc(C)cc1C(=O)Nc1nc2cc(C(N)=O)cc3c2n1C/C=C/Cn1c(N(C)CCn2nc(C)cc2C=O)nc2cc(C(N)=O)cc(c21)OC[CH-]CO3.[Rb+]. The Morgan fingerprint density at radius 3 is 2.05 bits per heavy atom. The smallest absolute Gasteiger partial charge is 0.523 e. The normalized spacial score (nSPS) is 13.5. The van der Waals surface area contributed by atoms with Crippen LogP contribution in [0.4, 0.5) is 11.9 Å². The van der Waals surface area contributed by atoms with Crippen molar-refractivity contribution in [1.82, 2.24) is 38.7 Å². The van der Waals surface area contributed by atoms with Gasteiger partial charge in [0.25, 0.3) is 5.91 Å². The van der Waals surface area contributed by atoms with Gasteiger partial charge in [-0.15, -0.1) is 0 Å². The van der Waals surface area contributed by atoms with Gasteiger partial charge in [-0.05, 0) is 70.4 Å². The van der Waals surface area contributed by atoms with Gasteiger partial charge in [0, 0.05) is 44.4 Å².